The number of rotatable bonds is 6. The molecule has 1 aliphatic rings. The van der Waals surface area contributed by atoms with Gasteiger partial charge >= 0.3 is 5.97 Å². The number of fused-ring (bicyclic) bond motifs is 1. The molecule has 4 aromatic rings. The van der Waals surface area contributed by atoms with Crippen molar-refractivity contribution >= 4 is 34.5 Å². The smallest absolute Gasteiger partial charge is 0.338 e. The second-order valence-corrected chi connectivity index (χ2v) is 8.49. The average molecular weight is 490 g/mol. The Labute approximate surface area is 206 Å². The number of esters is 1. The lowest BCUT2D eigenvalue weighted by atomic mass is 9.96. The number of carbonyl (C=O) groups is 2. The van der Waals surface area contributed by atoms with Gasteiger partial charge in [0.1, 0.15) is 29.0 Å². The van der Waals surface area contributed by atoms with E-state index in [9.17, 15) is 14.0 Å². The van der Waals surface area contributed by atoms with Gasteiger partial charge in [-0.3, -0.25) is 4.79 Å². The molecule has 1 atom stereocenters. The summed E-state index contributed by atoms with van der Waals surface area (Å²) in [7, 11) is 0. The quantitative estimate of drug-likeness (QED) is 0.396. The summed E-state index contributed by atoms with van der Waals surface area (Å²) in [6, 6.07) is 12.7. The molecule has 10 heteroatoms. The lowest BCUT2D eigenvalue weighted by molar-refractivity contribution is -0.120. The van der Waals surface area contributed by atoms with Crippen molar-refractivity contribution in [2.24, 2.45) is 5.92 Å². The van der Waals surface area contributed by atoms with Crippen molar-refractivity contribution < 1.29 is 23.2 Å². The summed E-state index contributed by atoms with van der Waals surface area (Å²) in [6.45, 7) is 3.15. The van der Waals surface area contributed by atoms with Crippen molar-refractivity contribution in [2.45, 2.75) is 19.8 Å². The number of halogens is 1. The van der Waals surface area contributed by atoms with Crippen LogP contribution in [0.25, 0.3) is 22.4 Å². The van der Waals surface area contributed by atoms with Crippen LogP contribution in [0.4, 0.5) is 15.9 Å². The lowest BCUT2D eigenvalue weighted by Gasteiger charge is -2.33. The van der Waals surface area contributed by atoms with Gasteiger partial charge < -0.3 is 19.5 Å². The molecule has 1 saturated heterocycles. The molecule has 1 aliphatic heterocycles. The van der Waals surface area contributed by atoms with Gasteiger partial charge in [0.05, 0.1) is 18.1 Å². The zero-order chi connectivity index (χ0) is 25.1. The van der Waals surface area contributed by atoms with Crippen molar-refractivity contribution in [2.75, 3.05) is 29.9 Å². The highest BCUT2D eigenvalue weighted by Crippen LogP contribution is 2.35. The van der Waals surface area contributed by atoms with E-state index in [1.54, 1.807) is 43.3 Å². The van der Waals surface area contributed by atoms with E-state index in [4.69, 9.17) is 9.26 Å². The molecule has 184 valence electrons. The van der Waals surface area contributed by atoms with Crippen LogP contribution >= 0.6 is 0 Å². The summed E-state index contributed by atoms with van der Waals surface area (Å²) in [5, 5.41) is 7.69. The van der Waals surface area contributed by atoms with E-state index in [1.807, 2.05) is 4.90 Å². The van der Waals surface area contributed by atoms with E-state index >= 15 is 0 Å². The summed E-state index contributed by atoms with van der Waals surface area (Å²) < 4.78 is 23.9. The third-order valence-electron chi connectivity index (χ3n) is 6.10. The molecule has 3 heterocycles. The minimum atomic E-state index is -0.434. The molecule has 0 saturated carbocycles. The van der Waals surface area contributed by atoms with Gasteiger partial charge in [-0.1, -0.05) is 11.2 Å². The number of nitrogens with zero attached hydrogens (tertiary/aromatic N) is 4. The first kappa shape index (κ1) is 23.4. The van der Waals surface area contributed by atoms with Crippen LogP contribution in [0.3, 0.4) is 0 Å². The van der Waals surface area contributed by atoms with E-state index in [0.717, 1.165) is 6.42 Å². The van der Waals surface area contributed by atoms with Crippen LogP contribution < -0.4 is 10.2 Å². The van der Waals surface area contributed by atoms with Crippen LogP contribution in [0.5, 0.6) is 0 Å². The number of anilines is 2. The first-order valence-corrected chi connectivity index (χ1v) is 11.7. The Morgan fingerprint density at radius 1 is 1.19 bits per heavy atom. The summed E-state index contributed by atoms with van der Waals surface area (Å²) in [6.07, 6.45) is 2.90. The highest BCUT2D eigenvalue weighted by molar-refractivity contribution is 5.99. The summed E-state index contributed by atoms with van der Waals surface area (Å²) in [4.78, 5) is 35.9. The number of nitrogens with one attached hydrogen (secondary N) is 1. The normalized spacial score (nSPS) is 15.6. The number of benzene rings is 2. The molecule has 0 aliphatic carbocycles. The van der Waals surface area contributed by atoms with Crippen molar-refractivity contribution in [1.82, 2.24) is 15.1 Å². The van der Waals surface area contributed by atoms with E-state index in [1.165, 1.54) is 18.5 Å². The van der Waals surface area contributed by atoms with Crippen molar-refractivity contribution in [3.63, 3.8) is 0 Å². The number of carbonyl (C=O) groups excluding carboxylic acids is 2. The van der Waals surface area contributed by atoms with Gasteiger partial charge in [-0.25, -0.2) is 14.2 Å². The number of hydrogen-bond acceptors (Lipinski definition) is 8. The fourth-order valence-corrected chi connectivity index (χ4v) is 4.38. The molecule has 0 radical (unpaired) electrons. The summed E-state index contributed by atoms with van der Waals surface area (Å²) >= 11 is 0. The first-order chi connectivity index (χ1) is 17.5. The second kappa shape index (κ2) is 10.1. The maximum Gasteiger partial charge on any atom is 0.338 e. The van der Waals surface area contributed by atoms with Gasteiger partial charge in [-0.15, -0.1) is 0 Å². The maximum absolute atomic E-state index is 13.4. The Morgan fingerprint density at radius 3 is 2.83 bits per heavy atom. The Balaban J connectivity index is 1.37. The predicted octanol–water partition coefficient (Wildman–Crippen LogP) is 4.46. The molecule has 2 aromatic heterocycles. The molecule has 1 fully saturated rings. The molecule has 9 nitrogen and oxygen atoms in total. The molecule has 0 bridgehead atoms. The molecule has 5 rings (SSSR count). The van der Waals surface area contributed by atoms with Gasteiger partial charge in [-0.05, 0) is 62.2 Å². The van der Waals surface area contributed by atoms with Crippen LogP contribution in [0, 0.1) is 11.7 Å². The van der Waals surface area contributed by atoms with Gasteiger partial charge in [-0.2, -0.15) is 4.98 Å². The Hall–Kier alpha value is -4.34. The van der Waals surface area contributed by atoms with E-state index in [0.29, 0.717) is 58.9 Å². The van der Waals surface area contributed by atoms with Crippen LogP contribution in [0.2, 0.25) is 0 Å². The maximum atomic E-state index is 13.4. The van der Waals surface area contributed by atoms with Gasteiger partial charge in [0.25, 0.3) is 5.71 Å². The topological polar surface area (TPSA) is 110 Å². The second-order valence-electron chi connectivity index (χ2n) is 8.49. The third kappa shape index (κ3) is 4.74. The first-order valence-electron chi connectivity index (χ1n) is 11.7. The van der Waals surface area contributed by atoms with Gasteiger partial charge in [0.2, 0.25) is 5.91 Å². The minimum Gasteiger partial charge on any atom is -0.462 e. The highest BCUT2D eigenvalue weighted by Gasteiger charge is 2.29. The molecular weight excluding hydrogens is 465 g/mol. The molecule has 0 spiro atoms. The average Bonchev–Trinajstić information content (AvgIpc) is 3.34. The van der Waals surface area contributed by atoms with Crippen LogP contribution in [0.1, 0.15) is 30.1 Å². The standard InChI is InChI=1S/C26H24FN5O4/c1-2-35-26(34)17-5-3-7-20(13-17)30-24(33)18-6-4-12-32(14-18)23-21-22(16-8-10-19(27)11-9-16)31-36-25(21)29-15-28-23/h3,5,7-11,13,15,18H,2,4,6,12,14H2,1H3,(H,30,33). The SMILES string of the molecule is CCOC(=O)c1cccc(NC(=O)C2CCCN(c3ncnc4onc(-c5ccc(F)cc5)c34)C2)c1. The molecule has 36 heavy (non-hydrogen) atoms. The minimum absolute atomic E-state index is 0.143. The monoisotopic (exact) mass is 489 g/mol. The number of hydrogen-bond donors (Lipinski definition) is 1. The molecule has 2 aromatic carbocycles. The molecule has 1 N–H and O–H groups in total. The molecule has 1 amide bonds. The Kier molecular flexibility index (Phi) is 6.57. The Bertz CT molecular complexity index is 1410. The van der Waals surface area contributed by atoms with E-state index in [2.05, 4.69) is 20.4 Å². The number of ether oxygens (including phenoxy) is 1. The summed E-state index contributed by atoms with van der Waals surface area (Å²) in [5.74, 6) is -0.613. The molecular formula is C26H24FN5O4. The van der Waals surface area contributed by atoms with Crippen LogP contribution in [-0.4, -0.2) is 46.7 Å². The number of aromatic nitrogens is 3. The lowest BCUT2D eigenvalue weighted by Crippen LogP contribution is -2.41. The number of piperidine rings is 1. The predicted molar refractivity (Wildman–Crippen MR) is 131 cm³/mol. The zero-order valence-corrected chi connectivity index (χ0v) is 19.6. The van der Waals surface area contributed by atoms with E-state index < -0.39 is 5.97 Å². The van der Waals surface area contributed by atoms with Gasteiger partial charge in [0.15, 0.2) is 0 Å². The van der Waals surface area contributed by atoms with Crippen LogP contribution in [0.15, 0.2) is 59.4 Å². The highest BCUT2D eigenvalue weighted by atomic mass is 19.1. The fourth-order valence-electron chi connectivity index (χ4n) is 4.38. The largest absolute Gasteiger partial charge is 0.462 e. The van der Waals surface area contributed by atoms with Crippen molar-refractivity contribution in [1.29, 1.82) is 0 Å². The van der Waals surface area contributed by atoms with Crippen molar-refractivity contribution in [3.05, 3.63) is 66.2 Å². The van der Waals surface area contributed by atoms with E-state index in [-0.39, 0.29) is 24.2 Å². The third-order valence-corrected chi connectivity index (χ3v) is 6.10. The van der Waals surface area contributed by atoms with Gasteiger partial charge in [0, 0.05) is 24.3 Å². The van der Waals surface area contributed by atoms with Crippen LogP contribution in [-0.2, 0) is 9.53 Å². The fraction of sp³-hybridized carbons (Fsp3) is 0.269. The van der Waals surface area contributed by atoms with Crippen molar-refractivity contribution in [3.8, 4) is 11.3 Å². The number of amides is 1. The zero-order valence-electron chi connectivity index (χ0n) is 19.6. The molecule has 1 unspecified atom stereocenters. The Morgan fingerprint density at radius 2 is 2.03 bits per heavy atom. The summed E-state index contributed by atoms with van der Waals surface area (Å²) in [5.41, 5.74) is 2.43.